The number of fused-ring (bicyclic) bond motifs is 1. The number of ether oxygens (including phenoxy) is 1. The quantitative estimate of drug-likeness (QED) is 0.833. The minimum atomic E-state index is 0.0371. The third-order valence-corrected chi connectivity index (χ3v) is 5.64. The molecule has 1 saturated carbocycles. The molecule has 3 nitrogen and oxygen atoms in total. The lowest BCUT2D eigenvalue weighted by Crippen LogP contribution is -2.66. The van der Waals surface area contributed by atoms with Crippen LogP contribution in [0, 0.1) is 11.8 Å². The Bertz CT molecular complexity index is 280. The van der Waals surface area contributed by atoms with E-state index in [2.05, 4.69) is 18.7 Å². The van der Waals surface area contributed by atoms with Crippen molar-refractivity contribution < 1.29 is 4.74 Å². The summed E-state index contributed by atoms with van der Waals surface area (Å²) in [6.45, 7) is 7.29. The Labute approximate surface area is 118 Å². The van der Waals surface area contributed by atoms with E-state index < -0.39 is 0 Å². The molecular weight excluding hydrogens is 236 g/mol. The highest BCUT2D eigenvalue weighted by Gasteiger charge is 2.46. The molecule has 2 aliphatic rings. The Balaban J connectivity index is 2.23. The van der Waals surface area contributed by atoms with E-state index in [9.17, 15) is 0 Å². The van der Waals surface area contributed by atoms with Gasteiger partial charge in [0.1, 0.15) is 0 Å². The first-order chi connectivity index (χ1) is 9.15. The van der Waals surface area contributed by atoms with Crippen LogP contribution in [0.5, 0.6) is 0 Å². The minimum absolute atomic E-state index is 0.0371. The lowest BCUT2D eigenvalue weighted by Gasteiger charge is -2.55. The number of nitrogens with two attached hydrogens (primary N) is 1. The van der Waals surface area contributed by atoms with E-state index in [1.165, 1.54) is 45.1 Å². The molecule has 0 amide bonds. The smallest absolute Gasteiger partial charge is 0.0661 e. The van der Waals surface area contributed by atoms with Crippen LogP contribution in [0.25, 0.3) is 0 Å². The predicted molar refractivity (Wildman–Crippen MR) is 80.2 cm³/mol. The van der Waals surface area contributed by atoms with Crippen molar-refractivity contribution in [3.63, 3.8) is 0 Å². The summed E-state index contributed by atoms with van der Waals surface area (Å²) in [5.41, 5.74) is 6.26. The van der Waals surface area contributed by atoms with Crippen LogP contribution in [0.4, 0.5) is 0 Å². The molecule has 112 valence electrons. The molecule has 0 aromatic rings. The van der Waals surface area contributed by atoms with Gasteiger partial charge in [-0.05, 0) is 44.1 Å². The fourth-order valence-electron chi connectivity index (χ4n) is 4.42. The van der Waals surface area contributed by atoms with Crippen LogP contribution >= 0.6 is 0 Å². The van der Waals surface area contributed by atoms with E-state index in [-0.39, 0.29) is 5.54 Å². The van der Waals surface area contributed by atoms with E-state index >= 15 is 0 Å². The van der Waals surface area contributed by atoms with Crippen LogP contribution in [0.15, 0.2) is 0 Å². The van der Waals surface area contributed by atoms with Crippen LogP contribution < -0.4 is 5.73 Å². The predicted octanol–water partition coefficient (Wildman–Crippen LogP) is 2.64. The van der Waals surface area contributed by atoms with E-state index in [0.717, 1.165) is 18.6 Å². The van der Waals surface area contributed by atoms with Crippen LogP contribution in [-0.2, 0) is 4.74 Å². The van der Waals surface area contributed by atoms with Gasteiger partial charge in [0.2, 0.25) is 0 Å². The molecule has 2 fully saturated rings. The van der Waals surface area contributed by atoms with Crippen LogP contribution in [0.3, 0.4) is 0 Å². The summed E-state index contributed by atoms with van der Waals surface area (Å²) < 4.78 is 5.57. The zero-order valence-corrected chi connectivity index (χ0v) is 13.0. The van der Waals surface area contributed by atoms with Crippen LogP contribution in [0.2, 0.25) is 0 Å². The van der Waals surface area contributed by atoms with Gasteiger partial charge in [0.05, 0.1) is 12.1 Å². The minimum Gasteiger partial charge on any atom is -0.383 e. The number of methoxy groups -OCH3 is 1. The topological polar surface area (TPSA) is 38.5 Å². The van der Waals surface area contributed by atoms with Gasteiger partial charge in [-0.1, -0.05) is 26.7 Å². The molecule has 1 aliphatic carbocycles. The van der Waals surface area contributed by atoms with Crippen LogP contribution in [0.1, 0.15) is 52.4 Å². The fourth-order valence-corrected chi connectivity index (χ4v) is 4.42. The van der Waals surface area contributed by atoms with Gasteiger partial charge in [0, 0.05) is 19.7 Å². The molecule has 3 heteroatoms. The average Bonchev–Trinajstić information content (AvgIpc) is 2.44. The zero-order valence-electron chi connectivity index (χ0n) is 13.0. The molecule has 19 heavy (non-hydrogen) atoms. The van der Waals surface area contributed by atoms with Gasteiger partial charge >= 0.3 is 0 Å². The van der Waals surface area contributed by atoms with Crippen molar-refractivity contribution in [1.29, 1.82) is 0 Å². The maximum absolute atomic E-state index is 6.23. The van der Waals surface area contributed by atoms with Gasteiger partial charge in [-0.25, -0.2) is 0 Å². The van der Waals surface area contributed by atoms with E-state index in [1.54, 1.807) is 0 Å². The number of likely N-dealkylation sites (tertiary alicyclic amines) is 1. The van der Waals surface area contributed by atoms with E-state index in [1.807, 2.05) is 7.11 Å². The van der Waals surface area contributed by atoms with Gasteiger partial charge in [-0.2, -0.15) is 0 Å². The summed E-state index contributed by atoms with van der Waals surface area (Å²) in [7, 11) is 1.81. The summed E-state index contributed by atoms with van der Waals surface area (Å²) in [4.78, 5) is 2.74. The summed E-state index contributed by atoms with van der Waals surface area (Å²) in [5, 5.41) is 0. The SMILES string of the molecule is COCC(CN)(C(C)C)N1CCCC2CCCCC21. The standard InChI is InChI=1S/C16H32N2O/c1-13(2)16(11-17,12-19-3)18-10-6-8-14-7-4-5-9-15(14)18/h13-15H,4-12,17H2,1-3H3. The van der Waals surface area contributed by atoms with Gasteiger partial charge in [-0.15, -0.1) is 0 Å². The van der Waals surface area contributed by atoms with Gasteiger partial charge in [0.25, 0.3) is 0 Å². The maximum Gasteiger partial charge on any atom is 0.0661 e. The van der Waals surface area contributed by atoms with Gasteiger partial charge in [0.15, 0.2) is 0 Å². The second kappa shape index (κ2) is 6.55. The molecule has 1 heterocycles. The third kappa shape index (κ3) is 2.84. The maximum atomic E-state index is 6.23. The number of piperidine rings is 1. The van der Waals surface area contributed by atoms with Gasteiger partial charge < -0.3 is 10.5 Å². The first-order valence-electron chi connectivity index (χ1n) is 8.11. The Morgan fingerprint density at radius 1 is 1.21 bits per heavy atom. The van der Waals surface area contributed by atoms with Crippen molar-refractivity contribution >= 4 is 0 Å². The fraction of sp³-hybridized carbons (Fsp3) is 1.00. The number of hydrogen-bond donors (Lipinski definition) is 1. The molecule has 3 unspecified atom stereocenters. The first kappa shape index (κ1) is 15.3. The molecule has 3 atom stereocenters. The van der Waals surface area contributed by atoms with Crippen molar-refractivity contribution in [2.45, 2.75) is 64.0 Å². The highest BCUT2D eigenvalue weighted by Crippen LogP contribution is 2.40. The highest BCUT2D eigenvalue weighted by atomic mass is 16.5. The Morgan fingerprint density at radius 3 is 2.53 bits per heavy atom. The molecule has 2 rings (SSSR count). The Morgan fingerprint density at radius 2 is 1.89 bits per heavy atom. The largest absolute Gasteiger partial charge is 0.383 e. The van der Waals surface area contributed by atoms with E-state index in [4.69, 9.17) is 10.5 Å². The molecular formula is C16H32N2O. The summed E-state index contributed by atoms with van der Waals surface area (Å²) >= 11 is 0. The lowest BCUT2D eigenvalue weighted by molar-refractivity contribution is -0.0806. The summed E-state index contributed by atoms with van der Waals surface area (Å²) in [6, 6.07) is 0.753. The monoisotopic (exact) mass is 268 g/mol. The van der Waals surface area contributed by atoms with Crippen molar-refractivity contribution in [2.24, 2.45) is 17.6 Å². The highest BCUT2D eigenvalue weighted by molar-refractivity contribution is 5.01. The molecule has 0 radical (unpaired) electrons. The molecule has 0 aromatic heterocycles. The van der Waals surface area contributed by atoms with Crippen molar-refractivity contribution in [3.8, 4) is 0 Å². The molecule has 0 spiro atoms. The number of hydrogen-bond acceptors (Lipinski definition) is 3. The third-order valence-electron chi connectivity index (χ3n) is 5.64. The summed E-state index contributed by atoms with van der Waals surface area (Å²) in [5.74, 6) is 1.45. The molecule has 0 aromatic carbocycles. The molecule has 1 aliphatic heterocycles. The lowest BCUT2D eigenvalue weighted by atomic mass is 9.73. The second-order valence-corrected chi connectivity index (χ2v) is 6.84. The first-order valence-corrected chi connectivity index (χ1v) is 8.11. The van der Waals surface area contributed by atoms with Gasteiger partial charge in [-0.3, -0.25) is 4.90 Å². The van der Waals surface area contributed by atoms with E-state index in [0.29, 0.717) is 12.5 Å². The average molecular weight is 268 g/mol. The molecule has 0 bridgehead atoms. The Hall–Kier alpha value is -0.120. The number of rotatable bonds is 5. The molecule has 1 saturated heterocycles. The Kier molecular flexibility index (Phi) is 5.27. The second-order valence-electron chi connectivity index (χ2n) is 6.84. The van der Waals surface area contributed by atoms with Crippen LogP contribution in [-0.4, -0.2) is 43.3 Å². The van der Waals surface area contributed by atoms with Crippen molar-refractivity contribution in [1.82, 2.24) is 4.90 Å². The molecule has 2 N–H and O–H groups in total. The van der Waals surface area contributed by atoms with Crippen molar-refractivity contribution in [2.75, 3.05) is 26.8 Å². The zero-order chi connectivity index (χ0) is 13.9. The van der Waals surface area contributed by atoms with Crippen molar-refractivity contribution in [3.05, 3.63) is 0 Å². The normalized spacial score (nSPS) is 32.1. The summed E-state index contributed by atoms with van der Waals surface area (Å²) in [6.07, 6.45) is 8.36. The number of nitrogens with zero attached hydrogens (tertiary/aromatic N) is 1.